The highest BCUT2D eigenvalue weighted by atomic mass is 16.5. The minimum absolute atomic E-state index is 0.00714. The molecule has 1 aliphatic rings. The molecule has 0 radical (unpaired) electrons. The van der Waals surface area contributed by atoms with Crippen LogP contribution in [0.25, 0.3) is 0 Å². The van der Waals surface area contributed by atoms with Crippen LogP contribution in [0.3, 0.4) is 0 Å². The number of phenols is 1. The zero-order valence-electron chi connectivity index (χ0n) is 22.6. The second kappa shape index (κ2) is 11.7. The van der Waals surface area contributed by atoms with Crippen LogP contribution in [0.2, 0.25) is 0 Å². The fourth-order valence-electron chi connectivity index (χ4n) is 5.40. The zero-order chi connectivity index (χ0) is 28.2. The van der Waals surface area contributed by atoms with E-state index in [1.54, 1.807) is 36.6 Å². The molecule has 1 aliphatic heterocycles. The van der Waals surface area contributed by atoms with E-state index in [-0.39, 0.29) is 42.0 Å². The van der Waals surface area contributed by atoms with Crippen molar-refractivity contribution in [2.24, 2.45) is 0 Å². The van der Waals surface area contributed by atoms with Crippen molar-refractivity contribution in [3.05, 3.63) is 112 Å². The molecule has 2 heterocycles. The molecule has 40 heavy (non-hydrogen) atoms. The smallest absolute Gasteiger partial charge is 0.339 e. The third-order valence-electron chi connectivity index (χ3n) is 7.38. The molecule has 0 aliphatic carbocycles. The average molecular weight is 541 g/mol. The summed E-state index contributed by atoms with van der Waals surface area (Å²) in [7, 11) is 0. The average Bonchev–Trinajstić information content (AvgIpc) is 3.45. The summed E-state index contributed by atoms with van der Waals surface area (Å²) in [4.78, 5) is 31.8. The van der Waals surface area contributed by atoms with Gasteiger partial charge in [0.1, 0.15) is 23.3 Å². The van der Waals surface area contributed by atoms with Crippen LogP contribution in [0.1, 0.15) is 61.9 Å². The molecule has 0 spiro atoms. The van der Waals surface area contributed by atoms with Crippen LogP contribution in [-0.4, -0.2) is 45.1 Å². The van der Waals surface area contributed by atoms with Gasteiger partial charge in [-0.3, -0.25) is 4.79 Å². The number of hydrogen-bond donors (Lipinski definition) is 2. The number of hydrogen-bond acceptors (Lipinski definition) is 6. The summed E-state index contributed by atoms with van der Waals surface area (Å²) in [6, 6.07) is 16.2. The standard InChI is InChI=1S/C32H32N2O6/c1-20-6-8-26(21(2)14-20)31-27-17-29(40-13-11-22-4-3-5-25(35)15-22)28(32(37)38)16-23(27)10-12-34(31)30(36)9-7-24-18-39-19-33-24/h3-6,8,14-19,31,35H,7,9-13H2,1-2H3,(H,37,38). The summed E-state index contributed by atoms with van der Waals surface area (Å²) in [5.74, 6) is -0.642. The van der Waals surface area contributed by atoms with Gasteiger partial charge in [0, 0.05) is 25.8 Å². The number of benzene rings is 3. The number of aromatic carboxylic acids is 1. The maximum absolute atomic E-state index is 13.6. The number of carboxylic acids is 1. The van der Waals surface area contributed by atoms with Crippen LogP contribution >= 0.6 is 0 Å². The zero-order valence-corrected chi connectivity index (χ0v) is 22.6. The topological polar surface area (TPSA) is 113 Å². The SMILES string of the molecule is Cc1ccc(C2c3cc(OCCc4cccc(O)c4)c(C(=O)O)cc3CCN2C(=O)CCc2cocn2)c(C)c1. The first-order valence-electron chi connectivity index (χ1n) is 13.3. The first-order chi connectivity index (χ1) is 19.3. The Morgan fingerprint density at radius 3 is 2.65 bits per heavy atom. The fourth-order valence-corrected chi connectivity index (χ4v) is 5.40. The lowest BCUT2D eigenvalue weighted by atomic mass is 9.84. The van der Waals surface area contributed by atoms with Crippen molar-refractivity contribution < 1.29 is 29.0 Å². The molecule has 3 aromatic carbocycles. The van der Waals surface area contributed by atoms with Gasteiger partial charge in [0.2, 0.25) is 5.91 Å². The van der Waals surface area contributed by atoms with Crippen molar-refractivity contribution in [1.29, 1.82) is 0 Å². The van der Waals surface area contributed by atoms with Crippen molar-refractivity contribution in [3.8, 4) is 11.5 Å². The van der Waals surface area contributed by atoms with E-state index in [1.807, 2.05) is 30.9 Å². The molecule has 8 heteroatoms. The van der Waals surface area contributed by atoms with E-state index in [4.69, 9.17) is 9.15 Å². The number of aromatic hydroxyl groups is 1. The monoisotopic (exact) mass is 540 g/mol. The number of oxazole rings is 1. The number of carbonyl (C=O) groups is 2. The van der Waals surface area contributed by atoms with Gasteiger partial charge in [-0.2, -0.15) is 0 Å². The molecule has 1 aromatic heterocycles. The molecule has 0 bridgehead atoms. The van der Waals surface area contributed by atoms with Crippen molar-refractivity contribution in [2.75, 3.05) is 13.2 Å². The lowest BCUT2D eigenvalue weighted by Crippen LogP contribution is -2.41. The minimum atomic E-state index is -1.07. The maximum atomic E-state index is 13.6. The van der Waals surface area contributed by atoms with E-state index < -0.39 is 5.97 Å². The van der Waals surface area contributed by atoms with Gasteiger partial charge >= 0.3 is 5.97 Å². The highest BCUT2D eigenvalue weighted by Crippen LogP contribution is 2.40. The second-order valence-corrected chi connectivity index (χ2v) is 10.2. The van der Waals surface area contributed by atoms with E-state index in [2.05, 4.69) is 17.1 Å². The largest absolute Gasteiger partial charge is 0.508 e. The van der Waals surface area contributed by atoms with E-state index in [0.29, 0.717) is 25.8 Å². The van der Waals surface area contributed by atoms with Gasteiger partial charge in [-0.1, -0.05) is 35.9 Å². The molecule has 206 valence electrons. The Labute approximate surface area is 232 Å². The van der Waals surface area contributed by atoms with Gasteiger partial charge in [0.15, 0.2) is 6.39 Å². The number of carbonyl (C=O) groups excluding carboxylic acids is 1. The predicted octanol–water partition coefficient (Wildman–Crippen LogP) is 5.42. The molecule has 0 fully saturated rings. The summed E-state index contributed by atoms with van der Waals surface area (Å²) in [5, 5.41) is 19.7. The second-order valence-electron chi connectivity index (χ2n) is 10.2. The molecule has 5 rings (SSSR count). The van der Waals surface area contributed by atoms with E-state index in [0.717, 1.165) is 39.1 Å². The Morgan fingerprint density at radius 1 is 1.07 bits per heavy atom. The number of carboxylic acid groups (broad SMARTS) is 1. The maximum Gasteiger partial charge on any atom is 0.339 e. The Kier molecular flexibility index (Phi) is 7.86. The molecule has 0 saturated heterocycles. The first-order valence-corrected chi connectivity index (χ1v) is 13.3. The molecule has 1 amide bonds. The van der Waals surface area contributed by atoms with Crippen molar-refractivity contribution >= 4 is 11.9 Å². The normalized spacial score (nSPS) is 14.6. The van der Waals surface area contributed by atoms with Crippen LogP contribution in [-0.2, 0) is 24.1 Å². The van der Waals surface area contributed by atoms with Crippen LogP contribution in [0.5, 0.6) is 11.5 Å². The molecular weight excluding hydrogens is 508 g/mol. The highest BCUT2D eigenvalue weighted by Gasteiger charge is 2.34. The molecular formula is C32H32N2O6. The lowest BCUT2D eigenvalue weighted by molar-refractivity contribution is -0.133. The third kappa shape index (κ3) is 5.86. The summed E-state index contributed by atoms with van der Waals surface area (Å²) in [6.07, 6.45) is 4.70. The number of aromatic nitrogens is 1. The number of nitrogens with zero attached hydrogens (tertiary/aromatic N) is 2. The van der Waals surface area contributed by atoms with Gasteiger partial charge in [-0.05, 0) is 72.4 Å². The van der Waals surface area contributed by atoms with E-state index in [1.165, 1.54) is 6.39 Å². The van der Waals surface area contributed by atoms with Crippen molar-refractivity contribution in [1.82, 2.24) is 9.88 Å². The number of fused-ring (bicyclic) bond motifs is 1. The number of phenolic OH excluding ortho intramolecular Hbond substituents is 1. The van der Waals surface area contributed by atoms with Crippen molar-refractivity contribution in [2.45, 2.75) is 45.6 Å². The van der Waals surface area contributed by atoms with Crippen LogP contribution in [0.15, 0.2) is 71.7 Å². The number of ether oxygens (including phenoxy) is 1. The number of aryl methyl sites for hydroxylation is 3. The summed E-state index contributed by atoms with van der Waals surface area (Å²) >= 11 is 0. The predicted molar refractivity (Wildman–Crippen MR) is 149 cm³/mol. The van der Waals surface area contributed by atoms with Crippen LogP contribution in [0.4, 0.5) is 0 Å². The fraction of sp³-hybridized carbons (Fsp3) is 0.281. The Balaban J connectivity index is 1.50. The Hall–Kier alpha value is -4.59. The van der Waals surface area contributed by atoms with E-state index >= 15 is 0 Å². The van der Waals surface area contributed by atoms with E-state index in [9.17, 15) is 19.8 Å². The summed E-state index contributed by atoms with van der Waals surface area (Å²) < 4.78 is 11.1. The van der Waals surface area contributed by atoms with Gasteiger partial charge in [0.25, 0.3) is 0 Å². The quantitative estimate of drug-likeness (QED) is 0.291. The molecule has 2 N–H and O–H groups in total. The minimum Gasteiger partial charge on any atom is -0.508 e. The number of amides is 1. The Morgan fingerprint density at radius 2 is 1.93 bits per heavy atom. The summed E-state index contributed by atoms with van der Waals surface area (Å²) in [5.41, 5.74) is 6.64. The van der Waals surface area contributed by atoms with Gasteiger partial charge in [0.05, 0.1) is 18.3 Å². The van der Waals surface area contributed by atoms with Gasteiger partial charge in [-0.25, -0.2) is 9.78 Å². The molecule has 4 aromatic rings. The molecule has 0 saturated carbocycles. The van der Waals surface area contributed by atoms with Crippen molar-refractivity contribution in [3.63, 3.8) is 0 Å². The molecule has 1 atom stereocenters. The number of rotatable bonds is 9. The highest BCUT2D eigenvalue weighted by molar-refractivity contribution is 5.91. The lowest BCUT2D eigenvalue weighted by Gasteiger charge is -2.39. The molecule has 1 unspecified atom stereocenters. The van der Waals surface area contributed by atoms with Gasteiger partial charge < -0.3 is 24.3 Å². The van der Waals surface area contributed by atoms with Gasteiger partial charge in [-0.15, -0.1) is 0 Å². The molecule has 8 nitrogen and oxygen atoms in total. The summed E-state index contributed by atoms with van der Waals surface area (Å²) in [6.45, 7) is 4.77. The Bertz CT molecular complexity index is 1530. The van der Waals surface area contributed by atoms with Crippen LogP contribution in [0, 0.1) is 13.8 Å². The third-order valence-corrected chi connectivity index (χ3v) is 7.38. The first kappa shape index (κ1) is 27.0. The van der Waals surface area contributed by atoms with Crippen LogP contribution < -0.4 is 4.74 Å².